The Bertz CT molecular complexity index is 164. The summed E-state index contributed by atoms with van der Waals surface area (Å²) < 4.78 is 0. The van der Waals surface area contributed by atoms with E-state index in [0.717, 1.165) is 0 Å². The molecule has 0 unspecified atom stereocenters. The third-order valence-electron chi connectivity index (χ3n) is 1.19. The van der Waals surface area contributed by atoms with Crippen LogP contribution in [0.2, 0.25) is 0 Å². The summed E-state index contributed by atoms with van der Waals surface area (Å²) in [6, 6.07) is 0. The molecule has 49 valence electrons. The topological polar surface area (TPSA) is 46.4 Å². The summed E-state index contributed by atoms with van der Waals surface area (Å²) in [5.41, 5.74) is 0.192. The maximum Gasteiger partial charge on any atom is 0.265 e. The van der Waals surface area contributed by atoms with Crippen LogP contribution in [0.25, 0.3) is 0 Å². The molecule has 0 aliphatic carbocycles. The molecule has 1 heterocycles. The van der Waals surface area contributed by atoms with Gasteiger partial charge in [-0.05, 0) is 7.05 Å². The molecule has 0 aromatic heterocycles. The molecule has 9 heavy (non-hydrogen) atoms. The molecule has 0 atom stereocenters. The Morgan fingerprint density at radius 3 is 2.78 bits per heavy atom. The average Bonchev–Trinajstić information content (AvgIpc) is 2.14. The molecule has 0 spiro atoms. The second kappa shape index (κ2) is 2.14. The van der Waals surface area contributed by atoms with Crippen molar-refractivity contribution < 1.29 is 4.92 Å². The third-order valence-corrected chi connectivity index (χ3v) is 1.19. The van der Waals surface area contributed by atoms with E-state index in [1.165, 1.54) is 0 Å². The summed E-state index contributed by atoms with van der Waals surface area (Å²) in [4.78, 5) is 11.5. The normalized spacial score (nSPS) is 19.9. The highest BCUT2D eigenvalue weighted by Gasteiger charge is 2.19. The highest BCUT2D eigenvalue weighted by molar-refractivity contribution is 4.96. The molecule has 4 nitrogen and oxygen atoms in total. The molecule has 0 N–H and O–H groups in total. The number of hydrogen-bond donors (Lipinski definition) is 0. The van der Waals surface area contributed by atoms with Crippen LogP contribution in [-0.2, 0) is 0 Å². The Kier molecular flexibility index (Phi) is 1.48. The Balaban J connectivity index is 2.55. The van der Waals surface area contributed by atoms with Crippen LogP contribution in [0, 0.1) is 16.2 Å². The van der Waals surface area contributed by atoms with Crippen LogP contribution in [0.1, 0.15) is 0 Å². The predicted octanol–water partition coefficient (Wildman–Crippen LogP) is -0.104. The van der Waals surface area contributed by atoms with Gasteiger partial charge < -0.3 is 0 Å². The van der Waals surface area contributed by atoms with Gasteiger partial charge in [-0.15, -0.1) is 0 Å². The lowest BCUT2D eigenvalue weighted by molar-refractivity contribution is -0.426. The molecule has 0 bridgehead atoms. The van der Waals surface area contributed by atoms with Crippen molar-refractivity contribution in [2.75, 3.05) is 20.1 Å². The fraction of sp³-hybridized carbons (Fsp3) is 0.600. The fourth-order valence-electron chi connectivity index (χ4n) is 0.716. The first kappa shape index (κ1) is 6.22. The standard InChI is InChI=1S/C5H7N2O2/c1-6-3-2-5(4-6)7(8)9/h3-4H2,1H3. The minimum Gasteiger partial charge on any atom is -0.292 e. The molecule has 0 saturated carbocycles. The molecule has 1 aliphatic rings. The van der Waals surface area contributed by atoms with Crippen molar-refractivity contribution in [2.45, 2.75) is 0 Å². The van der Waals surface area contributed by atoms with E-state index in [1.54, 1.807) is 0 Å². The molecule has 1 rings (SSSR count). The quantitative estimate of drug-likeness (QED) is 0.365. The van der Waals surface area contributed by atoms with Crippen LogP contribution in [0.5, 0.6) is 0 Å². The monoisotopic (exact) mass is 127 g/mol. The van der Waals surface area contributed by atoms with Crippen molar-refractivity contribution in [1.82, 2.24) is 4.90 Å². The maximum atomic E-state index is 10.0. The number of nitro groups is 1. The first-order valence-corrected chi connectivity index (χ1v) is 2.63. The summed E-state index contributed by atoms with van der Waals surface area (Å²) in [5.74, 6) is 0. The van der Waals surface area contributed by atoms with Gasteiger partial charge in [0, 0.05) is 6.54 Å². The van der Waals surface area contributed by atoms with E-state index in [1.807, 2.05) is 11.9 Å². The molecule has 0 aromatic rings. The zero-order valence-electron chi connectivity index (χ0n) is 5.13. The number of hydrogen-bond acceptors (Lipinski definition) is 3. The van der Waals surface area contributed by atoms with Crippen LogP contribution in [-0.4, -0.2) is 30.0 Å². The molecule has 1 aliphatic heterocycles. The Morgan fingerprint density at radius 2 is 2.56 bits per heavy atom. The van der Waals surface area contributed by atoms with Gasteiger partial charge >= 0.3 is 0 Å². The summed E-state index contributed by atoms with van der Waals surface area (Å²) in [7, 11) is 1.82. The smallest absolute Gasteiger partial charge is 0.265 e. The van der Waals surface area contributed by atoms with Crippen LogP contribution in [0.3, 0.4) is 0 Å². The van der Waals surface area contributed by atoms with E-state index in [-0.39, 0.29) is 10.6 Å². The van der Waals surface area contributed by atoms with Gasteiger partial charge in [-0.3, -0.25) is 15.0 Å². The van der Waals surface area contributed by atoms with Crippen molar-refractivity contribution >= 4 is 0 Å². The van der Waals surface area contributed by atoms with E-state index in [9.17, 15) is 10.1 Å². The van der Waals surface area contributed by atoms with Gasteiger partial charge in [0.05, 0.1) is 17.5 Å². The summed E-state index contributed by atoms with van der Waals surface area (Å²) >= 11 is 0. The van der Waals surface area contributed by atoms with E-state index in [2.05, 4.69) is 6.08 Å². The van der Waals surface area contributed by atoms with Crippen molar-refractivity contribution in [3.63, 3.8) is 0 Å². The van der Waals surface area contributed by atoms with Gasteiger partial charge in [0.2, 0.25) is 0 Å². The summed E-state index contributed by atoms with van der Waals surface area (Å²) in [6.07, 6.45) is 2.65. The lowest BCUT2D eigenvalue weighted by Crippen LogP contribution is -2.15. The third kappa shape index (κ3) is 1.26. The lowest BCUT2D eigenvalue weighted by atomic mass is 10.5. The van der Waals surface area contributed by atoms with Crippen LogP contribution >= 0.6 is 0 Å². The zero-order valence-corrected chi connectivity index (χ0v) is 5.13. The van der Waals surface area contributed by atoms with Crippen molar-refractivity contribution in [3.05, 3.63) is 21.9 Å². The summed E-state index contributed by atoms with van der Waals surface area (Å²) in [5, 5.41) is 10.0. The van der Waals surface area contributed by atoms with Gasteiger partial charge in [0.25, 0.3) is 5.70 Å². The van der Waals surface area contributed by atoms with E-state index < -0.39 is 0 Å². The fourth-order valence-corrected chi connectivity index (χ4v) is 0.716. The minimum atomic E-state index is -0.385. The van der Waals surface area contributed by atoms with Gasteiger partial charge in [-0.25, -0.2) is 0 Å². The van der Waals surface area contributed by atoms with E-state index >= 15 is 0 Å². The van der Waals surface area contributed by atoms with E-state index in [0.29, 0.717) is 13.1 Å². The molecule has 0 saturated heterocycles. The number of likely N-dealkylation sites (N-methyl/N-ethyl adjacent to an activating group) is 1. The van der Waals surface area contributed by atoms with Crippen molar-refractivity contribution in [3.8, 4) is 0 Å². The summed E-state index contributed by atoms with van der Waals surface area (Å²) in [6.45, 7) is 1.00. The highest BCUT2D eigenvalue weighted by Crippen LogP contribution is 2.04. The van der Waals surface area contributed by atoms with Crippen molar-refractivity contribution in [2.24, 2.45) is 0 Å². The Morgan fingerprint density at radius 1 is 1.89 bits per heavy atom. The lowest BCUT2D eigenvalue weighted by Gasteiger charge is -2.01. The Labute approximate surface area is 52.9 Å². The zero-order chi connectivity index (χ0) is 6.85. The van der Waals surface area contributed by atoms with Gasteiger partial charge in [-0.2, -0.15) is 0 Å². The Hall–Kier alpha value is -0.900. The molecule has 0 amide bonds. The highest BCUT2D eigenvalue weighted by atomic mass is 16.6. The maximum absolute atomic E-state index is 10.0. The molecule has 0 fully saturated rings. The van der Waals surface area contributed by atoms with Crippen molar-refractivity contribution in [1.29, 1.82) is 0 Å². The number of nitrogens with zero attached hydrogens (tertiary/aromatic N) is 2. The van der Waals surface area contributed by atoms with Crippen LogP contribution < -0.4 is 0 Å². The van der Waals surface area contributed by atoms with Gasteiger partial charge in [0.1, 0.15) is 0 Å². The first-order chi connectivity index (χ1) is 4.20. The average molecular weight is 127 g/mol. The van der Waals surface area contributed by atoms with Gasteiger partial charge in [0.15, 0.2) is 0 Å². The van der Waals surface area contributed by atoms with Crippen LogP contribution in [0.15, 0.2) is 5.70 Å². The minimum absolute atomic E-state index is 0.192. The molecule has 1 radical (unpaired) electrons. The second-order valence-corrected chi connectivity index (χ2v) is 2.05. The SMILES string of the molecule is CN1C[C]=C([N+](=O)[O-])C1. The predicted molar refractivity (Wildman–Crippen MR) is 31.2 cm³/mol. The van der Waals surface area contributed by atoms with Crippen LogP contribution in [0.4, 0.5) is 0 Å². The molecule has 4 heteroatoms. The first-order valence-electron chi connectivity index (χ1n) is 2.63. The number of rotatable bonds is 1. The molecular formula is C5H7N2O2. The second-order valence-electron chi connectivity index (χ2n) is 2.05. The van der Waals surface area contributed by atoms with E-state index in [4.69, 9.17) is 0 Å². The van der Waals surface area contributed by atoms with Gasteiger partial charge in [-0.1, -0.05) is 0 Å². The molecular weight excluding hydrogens is 120 g/mol. The largest absolute Gasteiger partial charge is 0.292 e. The molecule has 0 aromatic carbocycles.